The average molecular weight is 295 g/mol. The van der Waals surface area contributed by atoms with Gasteiger partial charge in [0.15, 0.2) is 0 Å². The van der Waals surface area contributed by atoms with E-state index in [0.717, 1.165) is 6.20 Å². The Bertz CT molecular complexity index is 609. The van der Waals surface area contributed by atoms with Crippen LogP contribution in [0.4, 0.5) is 5.82 Å². The Morgan fingerprint density at radius 3 is 2.80 bits per heavy atom. The topological polar surface area (TPSA) is 108 Å². The molecule has 2 heterocycles. The molecule has 0 bridgehead atoms. The molecule has 0 unspecified atom stereocenters. The number of nitrogens with one attached hydrogen (secondary N) is 1. The van der Waals surface area contributed by atoms with Gasteiger partial charge in [-0.25, -0.2) is 9.78 Å². The molecule has 0 radical (unpaired) electrons. The molecule has 0 aromatic carbocycles. The van der Waals surface area contributed by atoms with Gasteiger partial charge in [0.2, 0.25) is 5.28 Å². The predicted molar refractivity (Wildman–Crippen MR) is 71.7 cm³/mol. The van der Waals surface area contributed by atoms with Crippen LogP contribution >= 0.6 is 11.6 Å². The first-order valence-corrected chi connectivity index (χ1v) is 6.03. The lowest BCUT2D eigenvalue weighted by atomic mass is 10.2. The number of aliphatic hydroxyl groups is 1. The van der Waals surface area contributed by atoms with Gasteiger partial charge in [-0.05, 0) is 23.7 Å². The van der Waals surface area contributed by atoms with E-state index in [-0.39, 0.29) is 23.3 Å². The summed E-state index contributed by atoms with van der Waals surface area (Å²) in [5, 5.41) is 21.2. The number of pyridine rings is 1. The second-order valence-electron chi connectivity index (χ2n) is 3.84. The molecule has 0 fully saturated rings. The van der Waals surface area contributed by atoms with Crippen LogP contribution in [0, 0.1) is 0 Å². The summed E-state index contributed by atoms with van der Waals surface area (Å²) in [4.78, 5) is 22.6. The van der Waals surface area contributed by atoms with Gasteiger partial charge in [0, 0.05) is 12.4 Å². The van der Waals surface area contributed by atoms with Crippen molar-refractivity contribution in [1.82, 2.24) is 15.0 Å². The third kappa shape index (κ3) is 3.19. The maximum atomic E-state index is 11.1. The fourth-order valence-corrected chi connectivity index (χ4v) is 1.72. The van der Waals surface area contributed by atoms with Crippen LogP contribution in [-0.2, 0) is 0 Å². The first kappa shape index (κ1) is 14.2. The number of carboxylic acids is 1. The van der Waals surface area contributed by atoms with Crippen LogP contribution in [0.5, 0.6) is 0 Å². The lowest BCUT2D eigenvalue weighted by molar-refractivity contribution is 0.0697. The maximum Gasteiger partial charge on any atom is 0.341 e. The molecule has 0 spiro atoms. The Kier molecular flexibility index (Phi) is 4.44. The monoisotopic (exact) mass is 294 g/mol. The lowest BCUT2D eigenvalue weighted by Gasteiger charge is -2.17. The highest BCUT2D eigenvalue weighted by atomic mass is 35.5. The molecule has 1 atom stereocenters. The summed E-state index contributed by atoms with van der Waals surface area (Å²) in [6.07, 6.45) is 2.68. The molecule has 0 aliphatic heterocycles. The van der Waals surface area contributed by atoms with E-state index in [0.29, 0.717) is 5.69 Å². The second kappa shape index (κ2) is 6.27. The van der Waals surface area contributed by atoms with Crippen molar-refractivity contribution in [3.8, 4) is 0 Å². The van der Waals surface area contributed by atoms with Crippen molar-refractivity contribution in [3.05, 3.63) is 47.1 Å². The first-order valence-electron chi connectivity index (χ1n) is 5.66. The van der Waals surface area contributed by atoms with Crippen LogP contribution in [0.3, 0.4) is 0 Å². The van der Waals surface area contributed by atoms with Gasteiger partial charge in [0.25, 0.3) is 0 Å². The number of aromatic nitrogens is 3. The van der Waals surface area contributed by atoms with Crippen LogP contribution in [0.25, 0.3) is 0 Å². The highest BCUT2D eigenvalue weighted by molar-refractivity contribution is 6.28. The average Bonchev–Trinajstić information content (AvgIpc) is 2.45. The van der Waals surface area contributed by atoms with E-state index in [1.54, 1.807) is 24.4 Å². The van der Waals surface area contributed by atoms with Gasteiger partial charge in [0.1, 0.15) is 11.4 Å². The number of aliphatic hydroxyl groups excluding tert-OH is 1. The van der Waals surface area contributed by atoms with Crippen LogP contribution in [0.2, 0.25) is 5.28 Å². The predicted octanol–water partition coefficient (Wildman–Crippen LogP) is 1.37. The minimum absolute atomic E-state index is 0.0298. The molecule has 3 N–H and O–H groups in total. The number of carboxylic acid groups (broad SMARTS) is 1. The number of nitrogens with zero attached hydrogens (tertiary/aromatic N) is 3. The number of hydrogen-bond acceptors (Lipinski definition) is 6. The number of carbonyl (C=O) groups is 1. The molecule has 0 saturated carbocycles. The summed E-state index contributed by atoms with van der Waals surface area (Å²) < 4.78 is 0. The van der Waals surface area contributed by atoms with Crippen molar-refractivity contribution >= 4 is 23.4 Å². The molecule has 0 amide bonds. The Labute approximate surface area is 119 Å². The Morgan fingerprint density at radius 1 is 1.40 bits per heavy atom. The standard InChI is InChI=1S/C12H11ClN4O3/c13-12-15-5-7(11(19)20)10(17-12)16-9(6-18)8-3-1-2-4-14-8/h1-5,9,18H,6H2,(H,19,20)(H,15,16,17)/t9-/m1/s1. The summed E-state index contributed by atoms with van der Waals surface area (Å²) in [5.74, 6) is -1.16. The van der Waals surface area contributed by atoms with Crippen LogP contribution in [0.15, 0.2) is 30.6 Å². The van der Waals surface area contributed by atoms with Crippen molar-refractivity contribution in [1.29, 1.82) is 0 Å². The fourth-order valence-electron chi connectivity index (χ4n) is 1.59. The van der Waals surface area contributed by atoms with Crippen LogP contribution in [-0.4, -0.2) is 37.7 Å². The van der Waals surface area contributed by atoms with E-state index in [2.05, 4.69) is 20.3 Å². The molecule has 2 aromatic heterocycles. The Balaban J connectivity index is 2.32. The summed E-state index contributed by atoms with van der Waals surface area (Å²) >= 11 is 5.66. The highest BCUT2D eigenvalue weighted by Crippen LogP contribution is 2.20. The second-order valence-corrected chi connectivity index (χ2v) is 4.18. The summed E-state index contributed by atoms with van der Waals surface area (Å²) in [5.41, 5.74) is 0.421. The summed E-state index contributed by atoms with van der Waals surface area (Å²) in [6, 6.07) is 4.61. The first-order chi connectivity index (χ1) is 9.61. The van der Waals surface area contributed by atoms with Crippen molar-refractivity contribution < 1.29 is 15.0 Å². The molecule has 2 aromatic rings. The van der Waals surface area contributed by atoms with E-state index in [4.69, 9.17) is 16.7 Å². The maximum absolute atomic E-state index is 11.1. The minimum atomic E-state index is -1.19. The molecular formula is C12H11ClN4O3. The molecule has 8 heteroatoms. The zero-order valence-electron chi connectivity index (χ0n) is 10.2. The van der Waals surface area contributed by atoms with E-state index in [9.17, 15) is 9.90 Å². The Hall–Kier alpha value is -2.25. The molecule has 7 nitrogen and oxygen atoms in total. The Morgan fingerprint density at radius 2 is 2.20 bits per heavy atom. The number of rotatable bonds is 5. The number of anilines is 1. The fraction of sp³-hybridized carbons (Fsp3) is 0.167. The van der Waals surface area contributed by atoms with Crippen molar-refractivity contribution in [2.75, 3.05) is 11.9 Å². The minimum Gasteiger partial charge on any atom is -0.477 e. The number of aromatic carboxylic acids is 1. The quantitative estimate of drug-likeness (QED) is 0.715. The van der Waals surface area contributed by atoms with E-state index < -0.39 is 12.0 Å². The summed E-state index contributed by atoms with van der Waals surface area (Å²) in [7, 11) is 0. The van der Waals surface area contributed by atoms with E-state index in [1.807, 2.05) is 0 Å². The van der Waals surface area contributed by atoms with Crippen LogP contribution < -0.4 is 5.32 Å². The molecule has 2 rings (SSSR count). The largest absolute Gasteiger partial charge is 0.477 e. The van der Waals surface area contributed by atoms with Gasteiger partial charge in [-0.15, -0.1) is 0 Å². The number of hydrogen-bond donors (Lipinski definition) is 3. The van der Waals surface area contributed by atoms with Crippen molar-refractivity contribution in [2.24, 2.45) is 0 Å². The zero-order valence-corrected chi connectivity index (χ0v) is 10.9. The third-order valence-corrected chi connectivity index (χ3v) is 2.71. The molecule has 0 aliphatic carbocycles. The molecule has 0 aliphatic rings. The third-order valence-electron chi connectivity index (χ3n) is 2.53. The SMILES string of the molecule is O=C(O)c1cnc(Cl)nc1N[C@H](CO)c1ccccn1. The van der Waals surface area contributed by atoms with E-state index in [1.165, 1.54) is 0 Å². The molecular weight excluding hydrogens is 284 g/mol. The summed E-state index contributed by atoms with van der Waals surface area (Å²) in [6.45, 7) is -0.280. The van der Waals surface area contributed by atoms with Gasteiger partial charge in [-0.2, -0.15) is 4.98 Å². The van der Waals surface area contributed by atoms with Gasteiger partial charge >= 0.3 is 5.97 Å². The highest BCUT2D eigenvalue weighted by Gasteiger charge is 2.18. The van der Waals surface area contributed by atoms with Gasteiger partial charge in [-0.1, -0.05) is 6.07 Å². The van der Waals surface area contributed by atoms with Crippen molar-refractivity contribution in [3.63, 3.8) is 0 Å². The lowest BCUT2D eigenvalue weighted by Crippen LogP contribution is -2.19. The van der Waals surface area contributed by atoms with Gasteiger partial charge in [-0.3, -0.25) is 4.98 Å². The molecule has 0 saturated heterocycles. The van der Waals surface area contributed by atoms with Crippen LogP contribution in [0.1, 0.15) is 22.1 Å². The van der Waals surface area contributed by atoms with Gasteiger partial charge < -0.3 is 15.5 Å². The molecule has 20 heavy (non-hydrogen) atoms. The van der Waals surface area contributed by atoms with E-state index >= 15 is 0 Å². The smallest absolute Gasteiger partial charge is 0.341 e. The zero-order chi connectivity index (χ0) is 14.5. The van der Waals surface area contributed by atoms with Gasteiger partial charge in [0.05, 0.1) is 18.3 Å². The van der Waals surface area contributed by atoms with Crippen molar-refractivity contribution in [2.45, 2.75) is 6.04 Å². The molecule has 104 valence electrons. The number of halogens is 1. The normalized spacial score (nSPS) is 11.9.